The quantitative estimate of drug-likeness (QED) is 0.789. The fraction of sp³-hybridized carbons (Fsp3) is 0.294. The van der Waals surface area contributed by atoms with E-state index in [9.17, 15) is 5.26 Å². The Labute approximate surface area is 139 Å². The van der Waals surface area contributed by atoms with Crippen LogP contribution in [0, 0.1) is 11.3 Å². The number of rotatable bonds is 3. The third-order valence-corrected chi connectivity index (χ3v) is 4.41. The molecule has 0 bridgehead atoms. The third-order valence-electron chi connectivity index (χ3n) is 4.41. The van der Waals surface area contributed by atoms with Crippen molar-refractivity contribution < 1.29 is 0 Å². The van der Waals surface area contributed by atoms with Crippen LogP contribution >= 0.6 is 0 Å². The number of hydrogen-bond donors (Lipinski definition) is 1. The van der Waals surface area contributed by atoms with E-state index in [0.717, 1.165) is 47.8 Å². The van der Waals surface area contributed by atoms with Gasteiger partial charge >= 0.3 is 0 Å². The van der Waals surface area contributed by atoms with Crippen molar-refractivity contribution in [3.8, 4) is 6.07 Å². The maximum atomic E-state index is 9.76. The highest BCUT2D eigenvalue weighted by Crippen LogP contribution is 2.30. The second-order valence-electron chi connectivity index (χ2n) is 5.98. The molecule has 0 amide bonds. The number of likely N-dealkylation sites (N-methyl/N-ethyl adjacent to an activating group) is 1. The van der Waals surface area contributed by atoms with Gasteiger partial charge in [-0.25, -0.2) is 0 Å². The average Bonchev–Trinajstić information content (AvgIpc) is 3.10. The minimum absolute atomic E-state index is 0.543. The zero-order valence-electron chi connectivity index (χ0n) is 13.4. The summed E-state index contributed by atoms with van der Waals surface area (Å²) < 4.78 is 1.87. The molecular formula is C17H17N7. The molecule has 4 heterocycles. The van der Waals surface area contributed by atoms with Crippen molar-refractivity contribution in [2.24, 2.45) is 0 Å². The molecule has 1 aliphatic rings. The normalized spacial score (nSPS) is 14.3. The van der Waals surface area contributed by atoms with Crippen molar-refractivity contribution in [1.82, 2.24) is 24.5 Å². The molecule has 3 aromatic rings. The van der Waals surface area contributed by atoms with Gasteiger partial charge in [0.05, 0.1) is 17.8 Å². The van der Waals surface area contributed by atoms with Crippen LogP contribution in [-0.2, 0) is 19.5 Å². The highest BCUT2D eigenvalue weighted by atomic mass is 15.3. The maximum absolute atomic E-state index is 9.76. The topological polar surface area (TPSA) is 82.1 Å². The first-order chi connectivity index (χ1) is 11.8. The standard InChI is InChI=1S/C17H17N7/c1-23-7-5-13-14(8-18)16(20-9-12-4-2-3-6-19-12)24-11-21-22-17(24)15(13)10-23/h2-4,6,11,20H,5,7,9-10H2,1H3. The predicted molar refractivity (Wildman–Crippen MR) is 89.3 cm³/mol. The number of hydrogen-bond acceptors (Lipinski definition) is 6. The lowest BCUT2D eigenvalue weighted by Crippen LogP contribution is -2.28. The first-order valence-electron chi connectivity index (χ1n) is 7.88. The summed E-state index contributed by atoms with van der Waals surface area (Å²) in [5.41, 5.74) is 4.60. The van der Waals surface area contributed by atoms with Gasteiger partial charge in [-0.3, -0.25) is 9.38 Å². The predicted octanol–water partition coefficient (Wildman–Crippen LogP) is 1.60. The Hall–Kier alpha value is -2.98. The molecule has 4 rings (SSSR count). The fourth-order valence-corrected chi connectivity index (χ4v) is 3.22. The van der Waals surface area contributed by atoms with Gasteiger partial charge in [0, 0.05) is 24.8 Å². The van der Waals surface area contributed by atoms with Crippen molar-refractivity contribution >= 4 is 11.5 Å². The summed E-state index contributed by atoms with van der Waals surface area (Å²) >= 11 is 0. The Morgan fingerprint density at radius 3 is 3.04 bits per heavy atom. The van der Waals surface area contributed by atoms with E-state index < -0.39 is 0 Å². The van der Waals surface area contributed by atoms with Crippen LogP contribution in [0.3, 0.4) is 0 Å². The molecule has 1 N–H and O–H groups in total. The van der Waals surface area contributed by atoms with E-state index >= 15 is 0 Å². The van der Waals surface area contributed by atoms with Crippen molar-refractivity contribution in [2.75, 3.05) is 18.9 Å². The van der Waals surface area contributed by atoms with Gasteiger partial charge < -0.3 is 10.2 Å². The van der Waals surface area contributed by atoms with Gasteiger partial charge in [0.25, 0.3) is 0 Å². The molecule has 120 valence electrons. The minimum Gasteiger partial charge on any atom is -0.364 e. The molecule has 0 saturated carbocycles. The first-order valence-corrected chi connectivity index (χ1v) is 7.88. The summed E-state index contributed by atoms with van der Waals surface area (Å²) in [5, 5.41) is 21.5. The molecule has 0 unspecified atom stereocenters. The van der Waals surface area contributed by atoms with Crippen LogP contribution in [0.25, 0.3) is 5.65 Å². The Bertz CT molecular complexity index is 924. The van der Waals surface area contributed by atoms with E-state index in [-0.39, 0.29) is 0 Å². The van der Waals surface area contributed by atoms with E-state index in [2.05, 4.69) is 38.5 Å². The van der Waals surface area contributed by atoms with Gasteiger partial charge in [0.2, 0.25) is 0 Å². The zero-order chi connectivity index (χ0) is 16.5. The summed E-state index contributed by atoms with van der Waals surface area (Å²) in [5.74, 6) is 0.742. The van der Waals surface area contributed by atoms with E-state index in [4.69, 9.17) is 0 Å². The molecule has 24 heavy (non-hydrogen) atoms. The monoisotopic (exact) mass is 319 g/mol. The van der Waals surface area contributed by atoms with Crippen LogP contribution in [0.15, 0.2) is 30.7 Å². The van der Waals surface area contributed by atoms with Gasteiger partial charge in [-0.1, -0.05) is 6.07 Å². The molecule has 0 aliphatic carbocycles. The maximum Gasteiger partial charge on any atom is 0.167 e. The van der Waals surface area contributed by atoms with Gasteiger partial charge in [-0.2, -0.15) is 5.26 Å². The van der Waals surface area contributed by atoms with Crippen molar-refractivity contribution in [3.63, 3.8) is 0 Å². The van der Waals surface area contributed by atoms with E-state index in [1.807, 2.05) is 22.6 Å². The van der Waals surface area contributed by atoms with Crippen molar-refractivity contribution in [3.05, 3.63) is 53.1 Å². The first kappa shape index (κ1) is 14.6. The van der Waals surface area contributed by atoms with Gasteiger partial charge in [-0.05, 0) is 31.2 Å². The number of nitrogens with zero attached hydrogens (tertiary/aromatic N) is 6. The number of nitriles is 1. The molecule has 0 spiro atoms. The van der Waals surface area contributed by atoms with Crippen LogP contribution in [0.1, 0.15) is 22.4 Å². The zero-order valence-corrected chi connectivity index (χ0v) is 13.4. The number of nitrogens with one attached hydrogen (secondary N) is 1. The molecule has 7 nitrogen and oxygen atoms in total. The van der Waals surface area contributed by atoms with Crippen LogP contribution in [0.2, 0.25) is 0 Å². The highest BCUT2D eigenvalue weighted by molar-refractivity contribution is 5.68. The summed E-state index contributed by atoms with van der Waals surface area (Å²) in [7, 11) is 2.08. The highest BCUT2D eigenvalue weighted by Gasteiger charge is 2.24. The van der Waals surface area contributed by atoms with Crippen molar-refractivity contribution in [1.29, 1.82) is 5.26 Å². The SMILES string of the molecule is CN1CCc2c(C#N)c(NCc3ccccn3)n3cnnc3c2C1. The van der Waals surface area contributed by atoms with Gasteiger partial charge in [0.15, 0.2) is 5.65 Å². The summed E-state index contributed by atoms with van der Waals surface area (Å²) in [6.07, 6.45) is 4.27. The second kappa shape index (κ2) is 5.91. The lowest BCUT2D eigenvalue weighted by atomic mass is 9.96. The summed E-state index contributed by atoms with van der Waals surface area (Å²) in [6.45, 7) is 2.26. The Balaban J connectivity index is 1.82. The van der Waals surface area contributed by atoms with Gasteiger partial charge in [0.1, 0.15) is 18.2 Å². The van der Waals surface area contributed by atoms with Crippen LogP contribution < -0.4 is 5.32 Å². The molecule has 7 heteroatoms. The van der Waals surface area contributed by atoms with E-state index in [1.165, 1.54) is 0 Å². The minimum atomic E-state index is 0.543. The van der Waals surface area contributed by atoms with E-state index in [1.54, 1.807) is 12.5 Å². The van der Waals surface area contributed by atoms with Gasteiger partial charge in [-0.15, -0.1) is 10.2 Å². The Kier molecular flexibility index (Phi) is 3.59. The third kappa shape index (κ3) is 2.37. The molecule has 1 aliphatic heterocycles. The molecular weight excluding hydrogens is 302 g/mol. The van der Waals surface area contributed by atoms with Crippen LogP contribution in [0.5, 0.6) is 0 Å². The van der Waals surface area contributed by atoms with E-state index in [0.29, 0.717) is 12.1 Å². The molecule has 0 radical (unpaired) electrons. The molecule has 0 aromatic carbocycles. The number of pyridine rings is 2. The molecule has 0 fully saturated rings. The Morgan fingerprint density at radius 2 is 2.25 bits per heavy atom. The summed E-state index contributed by atoms with van der Waals surface area (Å²) in [4.78, 5) is 6.56. The molecule has 0 atom stereocenters. The number of aromatic nitrogens is 4. The van der Waals surface area contributed by atoms with Crippen molar-refractivity contribution in [2.45, 2.75) is 19.5 Å². The smallest absolute Gasteiger partial charge is 0.167 e. The molecule has 0 saturated heterocycles. The lowest BCUT2D eigenvalue weighted by molar-refractivity contribution is 0.313. The van der Waals surface area contributed by atoms with Crippen LogP contribution in [0.4, 0.5) is 5.82 Å². The average molecular weight is 319 g/mol. The second-order valence-corrected chi connectivity index (χ2v) is 5.98. The largest absolute Gasteiger partial charge is 0.364 e. The molecule has 3 aromatic heterocycles. The fourth-order valence-electron chi connectivity index (χ4n) is 3.22. The summed E-state index contributed by atoms with van der Waals surface area (Å²) in [6, 6.07) is 8.17. The Morgan fingerprint density at radius 1 is 1.33 bits per heavy atom. The number of anilines is 1. The lowest BCUT2D eigenvalue weighted by Gasteiger charge is -2.27. The van der Waals surface area contributed by atoms with Crippen LogP contribution in [-0.4, -0.2) is 38.1 Å². The number of fused-ring (bicyclic) bond motifs is 3.